The molecule has 26 heteroatoms. The lowest BCUT2D eigenvalue weighted by Gasteiger charge is -2.14. The van der Waals surface area contributed by atoms with Crippen molar-refractivity contribution in [3.63, 3.8) is 0 Å². The topological polar surface area (TPSA) is 528 Å². The molecule has 0 spiro atoms. The fourth-order valence-corrected chi connectivity index (χ4v) is 7.60. The van der Waals surface area contributed by atoms with E-state index in [1.165, 1.54) is 59.7 Å². The highest BCUT2D eigenvalue weighted by atomic mass is 32.2. The van der Waals surface area contributed by atoms with Gasteiger partial charge in [0.1, 0.15) is 63.2 Å². The van der Waals surface area contributed by atoms with E-state index >= 15 is 0 Å². The fourth-order valence-electron chi connectivity index (χ4n) is 4.83. The van der Waals surface area contributed by atoms with Crippen molar-refractivity contribution in [1.29, 1.82) is 0 Å². The Morgan fingerprint density at radius 1 is 0.350 bits per heavy atom. The van der Waals surface area contributed by atoms with Crippen molar-refractivity contribution in [2.24, 2.45) is 0 Å². The predicted octanol–water partition coefficient (Wildman–Crippen LogP) is -4.17. The van der Waals surface area contributed by atoms with E-state index in [1.54, 1.807) is 0 Å². The summed E-state index contributed by atoms with van der Waals surface area (Å²) >= 11 is 0. The van der Waals surface area contributed by atoms with Gasteiger partial charge in [0.05, 0.1) is 31.7 Å². The van der Waals surface area contributed by atoms with E-state index < -0.39 is 60.1 Å². The van der Waals surface area contributed by atoms with Crippen LogP contribution in [0.15, 0.2) is 129 Å². The molecule has 0 bridgehead atoms. The summed E-state index contributed by atoms with van der Waals surface area (Å²) in [5.41, 5.74) is 21.9. The maximum atomic E-state index is 11.0. The molecule has 0 aliphatic rings. The van der Waals surface area contributed by atoms with Gasteiger partial charge in [-0.05, 0) is 62.4 Å². The zero-order chi connectivity index (χ0) is 40.8. The van der Waals surface area contributed by atoms with Crippen molar-refractivity contribution in [2.45, 2.75) is 33.4 Å². The Balaban J connectivity index is -0.000000352. The summed E-state index contributed by atoms with van der Waals surface area (Å²) in [5, 5.41) is -0.317. The molecule has 0 unspecified atom stereocenters. The van der Waals surface area contributed by atoms with Gasteiger partial charge in [0.25, 0.3) is 0 Å². The lowest BCUT2D eigenvalue weighted by atomic mass is 10.1. The summed E-state index contributed by atoms with van der Waals surface area (Å²) in [6.07, 6.45) is 0. The monoisotopic (exact) mass is 928 g/mol. The zero-order valence-electron chi connectivity index (χ0n) is 31.8. The quantitative estimate of drug-likeness (QED) is 0.122. The Labute approximate surface area is 344 Å². The highest BCUT2D eigenvalue weighted by Gasteiger charge is 2.13. The lowest BCUT2D eigenvalue weighted by molar-refractivity contribution is -0.267. The van der Waals surface area contributed by atoms with Crippen LogP contribution in [0.2, 0.25) is 0 Å². The molecule has 0 aliphatic carbocycles. The average Bonchev–Trinajstić information content (AvgIpc) is 3.06. The van der Waals surface area contributed by atoms with Crippen LogP contribution in [0.4, 0.5) is 22.7 Å². The van der Waals surface area contributed by atoms with Gasteiger partial charge in [-0.1, -0.05) is 48.5 Å². The molecule has 0 heterocycles. The lowest BCUT2D eigenvalue weighted by Crippen LogP contribution is -2.44. The van der Waals surface area contributed by atoms with E-state index in [0.717, 1.165) is 47.0 Å². The molecule has 60 heavy (non-hydrogen) atoms. The number of aryl methyl sites for hydroxylation is 2. The Kier molecular flexibility index (Phi) is 25.1. The second-order valence-electron chi connectivity index (χ2n) is 11.6. The van der Waals surface area contributed by atoms with Crippen LogP contribution in [-0.4, -0.2) is 84.7 Å². The summed E-state index contributed by atoms with van der Waals surface area (Å²) < 4.78 is 132. The minimum atomic E-state index is -4.74. The van der Waals surface area contributed by atoms with Gasteiger partial charge in [-0.15, -0.1) is 0 Å². The van der Waals surface area contributed by atoms with Crippen molar-refractivity contribution in [3.8, 4) is 0 Å². The largest absolute Gasteiger partial charge is 0.744 e. The van der Waals surface area contributed by atoms with E-state index in [4.69, 9.17) is 0 Å². The number of benzene rings is 6. The predicted molar refractivity (Wildman–Crippen MR) is 214 cm³/mol. The van der Waals surface area contributed by atoms with Crippen molar-refractivity contribution < 1.29 is 108 Å². The normalized spacial score (nSPS) is 10.6. The molecule has 6 aromatic rings. The first-order valence-electron chi connectivity index (χ1n) is 15.2. The van der Waals surface area contributed by atoms with Crippen LogP contribution < -0.4 is 22.9 Å². The number of hydrogen-bond acceptors (Lipinski definition) is 12. The van der Waals surface area contributed by atoms with E-state index in [9.17, 15) is 51.9 Å². The SMILES string of the molecule is Cc1ccc([NH3+])cc1[NH3+].Cc1ccc([NH3+])cc1[NH3+].O.O.O.O.O.O.O=S(=O)([O-])c1cccc2c(S(=O)(=O)[O-])cccc12.O=S(=O)([O-])c1cccc2c(S(=O)(=O)[O-])cccc12. The maximum Gasteiger partial charge on any atom is 0.136 e. The van der Waals surface area contributed by atoms with Gasteiger partial charge < -0.3 is 74.0 Å². The summed E-state index contributed by atoms with van der Waals surface area (Å²) in [6.45, 7) is 4.09. The Hall–Kier alpha value is -4.92. The summed E-state index contributed by atoms with van der Waals surface area (Å²) in [4.78, 5) is -2.20. The minimum Gasteiger partial charge on any atom is -0.744 e. The molecule has 0 saturated carbocycles. The second kappa shape index (κ2) is 24.4. The molecule has 0 amide bonds. The standard InChI is InChI=1S/2C10H8O6S2.2C7H10N2.6H2O/c2*11-17(12,13)9-5-1-3-7-8(9)4-2-6-10(7)18(14,15)16;2*1-5-2-3-6(8)4-7(5)9;;;;;;/h2*1-6H,(H,11,12,13)(H,14,15,16);2*2-4H,8-9H2,1H3;6*1H2. The third kappa shape index (κ3) is 16.6. The molecule has 6 aromatic carbocycles. The zero-order valence-corrected chi connectivity index (χ0v) is 35.0. The minimum absolute atomic E-state index is 0. The van der Waals surface area contributed by atoms with Crippen LogP contribution in [0.5, 0.6) is 0 Å². The van der Waals surface area contributed by atoms with Crippen LogP contribution in [0.3, 0.4) is 0 Å². The molecule has 0 atom stereocenters. The van der Waals surface area contributed by atoms with Gasteiger partial charge >= 0.3 is 0 Å². The van der Waals surface area contributed by atoms with Gasteiger partial charge in [-0.3, -0.25) is 0 Å². The first kappa shape index (κ1) is 61.7. The number of rotatable bonds is 4. The summed E-state index contributed by atoms with van der Waals surface area (Å²) in [7, 11) is -19.0. The van der Waals surface area contributed by atoms with E-state index in [1.807, 2.05) is 50.2 Å². The van der Waals surface area contributed by atoms with Gasteiger partial charge in [-0.2, -0.15) is 0 Å². The van der Waals surface area contributed by atoms with Gasteiger partial charge in [-0.25, -0.2) is 33.7 Å². The van der Waals surface area contributed by atoms with Crippen LogP contribution in [0.25, 0.3) is 21.5 Å². The van der Waals surface area contributed by atoms with Crippen LogP contribution in [-0.2, 0) is 40.5 Å². The molecule has 6 rings (SSSR count). The highest BCUT2D eigenvalue weighted by molar-refractivity contribution is 7.87. The summed E-state index contributed by atoms with van der Waals surface area (Å²) in [6, 6.07) is 26.2. The molecule has 0 fully saturated rings. The highest BCUT2D eigenvalue weighted by Crippen LogP contribution is 2.29. The Bertz CT molecular complexity index is 2470. The van der Waals surface area contributed by atoms with Crippen molar-refractivity contribution in [1.82, 2.24) is 0 Å². The molecule has 0 aliphatic heterocycles. The summed E-state index contributed by atoms with van der Waals surface area (Å²) in [5.74, 6) is 0. The maximum absolute atomic E-state index is 11.0. The van der Waals surface area contributed by atoms with E-state index in [2.05, 4.69) is 22.9 Å². The Morgan fingerprint density at radius 3 is 0.700 bits per heavy atom. The van der Waals surface area contributed by atoms with Crippen molar-refractivity contribution >= 4 is 84.8 Å². The molecule has 24 N–H and O–H groups in total. The fraction of sp³-hybridized carbons (Fsp3) is 0.0588. The third-order valence-corrected chi connectivity index (χ3v) is 11.2. The van der Waals surface area contributed by atoms with Gasteiger partial charge in [0.15, 0.2) is 0 Å². The van der Waals surface area contributed by atoms with Crippen LogP contribution >= 0.6 is 0 Å². The van der Waals surface area contributed by atoms with Crippen LogP contribution in [0.1, 0.15) is 11.1 Å². The van der Waals surface area contributed by atoms with Crippen molar-refractivity contribution in [2.75, 3.05) is 0 Å². The van der Waals surface area contributed by atoms with Gasteiger partial charge in [0.2, 0.25) is 0 Å². The smallest absolute Gasteiger partial charge is 0.136 e. The van der Waals surface area contributed by atoms with E-state index in [0.29, 0.717) is 0 Å². The molecular weight excluding hydrogens is 881 g/mol. The molecule has 336 valence electrons. The molecule has 0 saturated heterocycles. The number of fused-ring (bicyclic) bond motifs is 2. The number of hydrogen-bond donors (Lipinski definition) is 4. The first-order chi connectivity index (χ1) is 24.8. The van der Waals surface area contributed by atoms with Crippen LogP contribution in [0, 0.1) is 13.8 Å². The average molecular weight is 929 g/mol. The first-order valence-corrected chi connectivity index (χ1v) is 20.8. The number of quaternary nitrogens is 4. The van der Waals surface area contributed by atoms with Crippen molar-refractivity contribution in [3.05, 3.63) is 120 Å². The molecule has 0 radical (unpaired) electrons. The third-order valence-electron chi connectivity index (χ3n) is 7.59. The molecular formula is C34H48N4O18S4. The van der Waals surface area contributed by atoms with Gasteiger partial charge in [0, 0.05) is 32.7 Å². The Morgan fingerprint density at radius 2 is 0.550 bits per heavy atom. The molecule has 0 aromatic heterocycles. The second-order valence-corrected chi connectivity index (χ2v) is 16.9. The molecule has 22 nitrogen and oxygen atoms in total. The van der Waals surface area contributed by atoms with E-state index in [-0.39, 0.29) is 54.4 Å².